The summed E-state index contributed by atoms with van der Waals surface area (Å²) in [5.41, 5.74) is 1.09. The minimum atomic E-state index is -0.703. The summed E-state index contributed by atoms with van der Waals surface area (Å²) in [5, 5.41) is 10.7. The van der Waals surface area contributed by atoms with Crippen molar-refractivity contribution in [3.05, 3.63) is 83.3 Å². The van der Waals surface area contributed by atoms with E-state index in [-0.39, 0.29) is 29.3 Å². The highest BCUT2D eigenvalue weighted by atomic mass is 16.6. The van der Waals surface area contributed by atoms with Crippen molar-refractivity contribution in [2.24, 2.45) is 0 Å². The SMILES string of the molecule is CCCCCOC(=O)/C(=C1\OC(=O)C(c2ccccc2)=C1O)c1ccccc1. The van der Waals surface area contributed by atoms with Crippen LogP contribution < -0.4 is 0 Å². The van der Waals surface area contributed by atoms with Gasteiger partial charge in [-0.1, -0.05) is 80.4 Å². The third-order valence-corrected chi connectivity index (χ3v) is 4.39. The van der Waals surface area contributed by atoms with Gasteiger partial charge in [-0.15, -0.1) is 0 Å². The first kappa shape index (κ1) is 19.4. The average molecular weight is 378 g/mol. The van der Waals surface area contributed by atoms with Crippen LogP contribution in [0.2, 0.25) is 0 Å². The smallest absolute Gasteiger partial charge is 0.348 e. The predicted octanol–water partition coefficient (Wildman–Crippen LogP) is 4.66. The van der Waals surface area contributed by atoms with Gasteiger partial charge in [0.1, 0.15) is 11.1 Å². The maximum atomic E-state index is 12.8. The van der Waals surface area contributed by atoms with E-state index in [1.54, 1.807) is 54.6 Å². The Bertz CT molecular complexity index is 911. The van der Waals surface area contributed by atoms with Crippen LogP contribution in [-0.4, -0.2) is 23.7 Å². The molecule has 1 N–H and O–H groups in total. The molecule has 0 spiro atoms. The second-order valence-corrected chi connectivity index (χ2v) is 6.39. The Hall–Kier alpha value is -3.34. The van der Waals surface area contributed by atoms with Gasteiger partial charge in [0.25, 0.3) is 0 Å². The van der Waals surface area contributed by atoms with Gasteiger partial charge in [0.15, 0.2) is 11.5 Å². The molecule has 144 valence electrons. The normalized spacial score (nSPS) is 15.4. The fourth-order valence-corrected chi connectivity index (χ4v) is 2.97. The molecule has 0 aromatic heterocycles. The van der Waals surface area contributed by atoms with Gasteiger partial charge in [0.2, 0.25) is 0 Å². The zero-order chi connectivity index (χ0) is 19.9. The van der Waals surface area contributed by atoms with Crippen LogP contribution in [0.5, 0.6) is 0 Å². The minimum Gasteiger partial charge on any atom is -0.504 e. The molecule has 2 aromatic carbocycles. The molecule has 0 saturated heterocycles. The first-order valence-corrected chi connectivity index (χ1v) is 9.31. The van der Waals surface area contributed by atoms with E-state index in [0.717, 1.165) is 19.3 Å². The van der Waals surface area contributed by atoms with Crippen molar-refractivity contribution >= 4 is 23.1 Å². The van der Waals surface area contributed by atoms with Crippen LogP contribution in [0.15, 0.2) is 72.2 Å². The lowest BCUT2D eigenvalue weighted by atomic mass is 10.0. The molecule has 0 atom stereocenters. The molecule has 0 aliphatic carbocycles. The summed E-state index contributed by atoms with van der Waals surface area (Å²) >= 11 is 0. The number of hydrogen-bond acceptors (Lipinski definition) is 5. The number of rotatable bonds is 7. The summed E-state index contributed by atoms with van der Waals surface area (Å²) in [6, 6.07) is 17.4. The van der Waals surface area contributed by atoms with Crippen molar-refractivity contribution in [2.45, 2.75) is 26.2 Å². The largest absolute Gasteiger partial charge is 0.504 e. The molecule has 1 aliphatic rings. The van der Waals surface area contributed by atoms with E-state index in [1.165, 1.54) is 0 Å². The molecular formula is C23H22O5. The lowest BCUT2D eigenvalue weighted by Gasteiger charge is -2.11. The van der Waals surface area contributed by atoms with E-state index >= 15 is 0 Å². The number of unbranched alkanes of at least 4 members (excludes halogenated alkanes) is 2. The fraction of sp³-hybridized carbons (Fsp3) is 0.217. The molecule has 0 unspecified atom stereocenters. The molecule has 0 radical (unpaired) electrons. The molecule has 0 fully saturated rings. The van der Waals surface area contributed by atoms with Crippen LogP contribution in [0.25, 0.3) is 11.1 Å². The van der Waals surface area contributed by atoms with Crippen LogP contribution in [0.1, 0.15) is 37.3 Å². The second-order valence-electron chi connectivity index (χ2n) is 6.39. The van der Waals surface area contributed by atoms with E-state index in [1.807, 2.05) is 6.07 Å². The van der Waals surface area contributed by atoms with Crippen molar-refractivity contribution in [3.8, 4) is 0 Å². The maximum absolute atomic E-state index is 12.8. The number of carbonyl (C=O) groups excluding carboxylic acids is 2. The number of carbonyl (C=O) groups is 2. The Kier molecular flexibility index (Phi) is 6.27. The zero-order valence-electron chi connectivity index (χ0n) is 15.7. The van der Waals surface area contributed by atoms with Gasteiger partial charge in [-0.2, -0.15) is 0 Å². The molecule has 0 bridgehead atoms. The van der Waals surface area contributed by atoms with Gasteiger partial charge in [0, 0.05) is 0 Å². The zero-order valence-corrected chi connectivity index (χ0v) is 15.7. The number of hydrogen-bond donors (Lipinski definition) is 1. The van der Waals surface area contributed by atoms with Crippen molar-refractivity contribution in [1.82, 2.24) is 0 Å². The molecule has 28 heavy (non-hydrogen) atoms. The third kappa shape index (κ3) is 4.14. The molecular weight excluding hydrogens is 356 g/mol. The molecule has 0 amide bonds. The number of aliphatic hydroxyl groups excluding tert-OH is 1. The van der Waals surface area contributed by atoms with Crippen molar-refractivity contribution in [1.29, 1.82) is 0 Å². The Labute approximate surface area is 163 Å². The van der Waals surface area contributed by atoms with E-state index in [0.29, 0.717) is 11.1 Å². The second kappa shape index (κ2) is 9.04. The van der Waals surface area contributed by atoms with Gasteiger partial charge in [-0.25, -0.2) is 9.59 Å². The maximum Gasteiger partial charge on any atom is 0.348 e. The van der Waals surface area contributed by atoms with Gasteiger partial charge in [-0.3, -0.25) is 0 Å². The number of cyclic esters (lactones) is 1. The van der Waals surface area contributed by atoms with Crippen molar-refractivity contribution < 1.29 is 24.2 Å². The van der Waals surface area contributed by atoms with Crippen LogP contribution in [-0.2, 0) is 19.1 Å². The number of benzene rings is 2. The topological polar surface area (TPSA) is 72.8 Å². The molecule has 5 heteroatoms. The Morgan fingerprint density at radius 2 is 1.64 bits per heavy atom. The summed E-state index contributed by atoms with van der Waals surface area (Å²) in [6.07, 6.45) is 2.70. The van der Waals surface area contributed by atoms with Crippen LogP contribution in [0, 0.1) is 0 Å². The summed E-state index contributed by atoms with van der Waals surface area (Å²) in [7, 11) is 0. The first-order chi connectivity index (χ1) is 13.6. The highest BCUT2D eigenvalue weighted by Crippen LogP contribution is 2.36. The minimum absolute atomic E-state index is 0.0304. The summed E-state index contributed by atoms with van der Waals surface area (Å²) in [6.45, 7) is 2.32. The van der Waals surface area contributed by atoms with Gasteiger partial charge in [-0.05, 0) is 17.5 Å². The standard InChI is InChI=1S/C23H22O5/c1-2-3-10-15-27-22(25)19(17-13-8-5-9-14-17)21-20(24)18(23(26)28-21)16-11-6-4-7-12-16/h4-9,11-14,24H,2-3,10,15H2,1H3/b21-19-. The molecule has 1 heterocycles. The lowest BCUT2D eigenvalue weighted by molar-refractivity contribution is -0.137. The number of ether oxygens (including phenoxy) is 2. The molecule has 2 aromatic rings. The molecule has 3 rings (SSSR count). The summed E-state index contributed by atoms with van der Waals surface area (Å²) in [4.78, 5) is 25.2. The Balaban J connectivity index is 2.04. The van der Waals surface area contributed by atoms with Crippen LogP contribution in [0.3, 0.4) is 0 Å². The monoisotopic (exact) mass is 378 g/mol. The van der Waals surface area contributed by atoms with Gasteiger partial charge >= 0.3 is 11.9 Å². The molecule has 5 nitrogen and oxygen atoms in total. The Morgan fingerprint density at radius 1 is 1.00 bits per heavy atom. The van der Waals surface area contributed by atoms with E-state index < -0.39 is 11.9 Å². The lowest BCUT2D eigenvalue weighted by Crippen LogP contribution is -2.12. The van der Waals surface area contributed by atoms with Crippen LogP contribution in [0.4, 0.5) is 0 Å². The summed E-state index contributed by atoms with van der Waals surface area (Å²) in [5.74, 6) is -1.87. The van der Waals surface area contributed by atoms with E-state index in [2.05, 4.69) is 6.92 Å². The highest BCUT2D eigenvalue weighted by molar-refractivity contribution is 6.25. The van der Waals surface area contributed by atoms with Crippen molar-refractivity contribution in [3.63, 3.8) is 0 Å². The molecule has 1 aliphatic heterocycles. The average Bonchev–Trinajstić information content (AvgIpc) is 3.01. The first-order valence-electron chi connectivity index (χ1n) is 9.31. The third-order valence-electron chi connectivity index (χ3n) is 4.39. The van der Waals surface area contributed by atoms with Gasteiger partial charge in [0.05, 0.1) is 6.61 Å². The van der Waals surface area contributed by atoms with E-state index in [4.69, 9.17) is 9.47 Å². The predicted molar refractivity (Wildman–Crippen MR) is 106 cm³/mol. The summed E-state index contributed by atoms with van der Waals surface area (Å²) < 4.78 is 10.7. The fourth-order valence-electron chi connectivity index (χ4n) is 2.97. The Morgan fingerprint density at radius 3 is 2.29 bits per heavy atom. The van der Waals surface area contributed by atoms with E-state index in [9.17, 15) is 14.7 Å². The number of esters is 2. The van der Waals surface area contributed by atoms with Crippen molar-refractivity contribution in [2.75, 3.05) is 6.61 Å². The quantitative estimate of drug-likeness (QED) is 0.431. The molecule has 0 saturated carbocycles. The van der Waals surface area contributed by atoms with Gasteiger partial charge < -0.3 is 14.6 Å². The van der Waals surface area contributed by atoms with Crippen LogP contribution >= 0.6 is 0 Å². The number of aliphatic hydroxyl groups is 1. The highest BCUT2D eigenvalue weighted by Gasteiger charge is 2.36.